The van der Waals surface area contributed by atoms with Crippen molar-refractivity contribution in [2.24, 2.45) is 0 Å². The second kappa shape index (κ2) is 11.1. The molecule has 4 aromatic rings. The molecule has 0 bridgehead atoms. The number of nitrogens with zero attached hydrogens (tertiary/aromatic N) is 7. The van der Waals surface area contributed by atoms with Gasteiger partial charge in [0.05, 0.1) is 24.2 Å². The highest BCUT2D eigenvalue weighted by Crippen LogP contribution is 2.44. The predicted octanol–water partition coefficient (Wildman–Crippen LogP) is 4.89. The zero-order valence-corrected chi connectivity index (χ0v) is 24.2. The monoisotopic (exact) mass is 571 g/mol. The molecule has 43 heavy (non-hydrogen) atoms. The Balaban J connectivity index is 1.23. The lowest BCUT2D eigenvalue weighted by atomic mass is 10.0. The molecule has 1 aliphatic carbocycles. The number of aromatic nitrogens is 3. The summed E-state index contributed by atoms with van der Waals surface area (Å²) in [7, 11) is 0. The van der Waals surface area contributed by atoms with Gasteiger partial charge in [0.15, 0.2) is 0 Å². The summed E-state index contributed by atoms with van der Waals surface area (Å²) >= 11 is 0. The molecule has 0 radical (unpaired) electrons. The van der Waals surface area contributed by atoms with Crippen LogP contribution in [-0.4, -0.2) is 56.3 Å². The van der Waals surface area contributed by atoms with E-state index in [4.69, 9.17) is 14.7 Å². The van der Waals surface area contributed by atoms with Crippen molar-refractivity contribution >= 4 is 22.5 Å². The Morgan fingerprint density at radius 2 is 1.95 bits per heavy atom. The summed E-state index contributed by atoms with van der Waals surface area (Å²) in [6.45, 7) is 8.64. The van der Waals surface area contributed by atoms with Crippen LogP contribution in [0, 0.1) is 11.3 Å². The lowest BCUT2D eigenvalue weighted by Gasteiger charge is -2.41. The molecule has 9 heteroatoms. The topological polar surface area (TPSA) is 98.5 Å². The van der Waals surface area contributed by atoms with Crippen molar-refractivity contribution in [3.63, 3.8) is 0 Å². The van der Waals surface area contributed by atoms with Crippen LogP contribution in [0.4, 0.5) is 5.82 Å². The van der Waals surface area contributed by atoms with Gasteiger partial charge < -0.3 is 14.5 Å². The van der Waals surface area contributed by atoms with E-state index in [1.807, 2.05) is 19.1 Å². The number of pyridine rings is 1. The van der Waals surface area contributed by atoms with Gasteiger partial charge in [-0.25, -0.2) is 0 Å². The Morgan fingerprint density at radius 1 is 1.14 bits per heavy atom. The van der Waals surface area contributed by atoms with E-state index in [1.165, 1.54) is 28.0 Å². The molecule has 9 nitrogen and oxygen atoms in total. The lowest BCUT2D eigenvalue weighted by Crippen LogP contribution is -2.55. The molecule has 2 aromatic heterocycles. The highest BCUT2D eigenvalue weighted by molar-refractivity contribution is 5.91. The van der Waals surface area contributed by atoms with Crippen molar-refractivity contribution in [1.29, 1.82) is 5.26 Å². The van der Waals surface area contributed by atoms with Gasteiger partial charge in [0, 0.05) is 56.7 Å². The number of rotatable bonds is 7. The molecule has 7 rings (SSSR count). The maximum absolute atomic E-state index is 12.6. The molecule has 0 spiro atoms. The summed E-state index contributed by atoms with van der Waals surface area (Å²) in [6, 6.07) is 19.6. The first kappa shape index (κ1) is 27.0. The normalized spacial score (nSPS) is 20.1. The number of hydrogen-bond acceptors (Lipinski definition) is 8. The smallest absolute Gasteiger partial charge is 0.319 e. The average Bonchev–Trinajstić information content (AvgIpc) is 3.64. The summed E-state index contributed by atoms with van der Waals surface area (Å²) in [5, 5.41) is 12.2. The minimum Gasteiger partial charge on any atom is -0.456 e. The number of hydrogen-bond donors (Lipinski definition) is 0. The molecule has 3 aliphatic rings. The molecule has 2 unspecified atom stereocenters. The first-order valence-corrected chi connectivity index (χ1v) is 14.8. The number of piperazine rings is 1. The maximum Gasteiger partial charge on any atom is 0.319 e. The van der Waals surface area contributed by atoms with Crippen LogP contribution < -0.4 is 9.64 Å². The fourth-order valence-electron chi connectivity index (χ4n) is 6.91. The highest BCUT2D eigenvalue weighted by Gasteiger charge is 2.38. The largest absolute Gasteiger partial charge is 0.456 e. The minimum atomic E-state index is -0.262. The lowest BCUT2D eigenvalue weighted by molar-refractivity contribution is -0.128. The van der Waals surface area contributed by atoms with Crippen LogP contribution in [0.5, 0.6) is 6.01 Å². The summed E-state index contributed by atoms with van der Waals surface area (Å²) in [6.07, 6.45) is 5.77. The van der Waals surface area contributed by atoms with Crippen molar-refractivity contribution in [3.8, 4) is 12.1 Å². The maximum atomic E-state index is 12.6. The van der Waals surface area contributed by atoms with E-state index in [-0.39, 0.29) is 30.5 Å². The number of nitriles is 1. The molecular weight excluding hydrogens is 538 g/mol. The molecule has 1 amide bonds. The van der Waals surface area contributed by atoms with Crippen molar-refractivity contribution in [2.45, 2.75) is 51.0 Å². The van der Waals surface area contributed by atoms with Crippen LogP contribution in [0.15, 0.2) is 73.6 Å². The Morgan fingerprint density at radius 3 is 2.74 bits per heavy atom. The quantitative estimate of drug-likeness (QED) is 0.289. The zero-order chi connectivity index (χ0) is 29.5. The number of fused-ring (bicyclic) bond motifs is 1. The van der Waals surface area contributed by atoms with Gasteiger partial charge in [0.25, 0.3) is 0 Å². The van der Waals surface area contributed by atoms with Gasteiger partial charge >= 0.3 is 6.01 Å². The Bertz CT molecular complexity index is 1750. The number of ether oxygens (including phenoxy) is 1. The first-order valence-electron chi connectivity index (χ1n) is 14.8. The predicted molar refractivity (Wildman–Crippen MR) is 163 cm³/mol. The first-order chi connectivity index (χ1) is 21.0. The molecular formula is C34H33N7O2. The number of benzene rings is 2. The third kappa shape index (κ3) is 4.88. The third-order valence-corrected chi connectivity index (χ3v) is 9.03. The molecule has 1 fully saturated rings. The Hall–Kier alpha value is -4.81. The molecule has 2 aliphatic heterocycles. The van der Waals surface area contributed by atoms with Crippen molar-refractivity contribution in [2.75, 3.05) is 24.5 Å². The molecule has 3 atom stereocenters. The zero-order valence-electron chi connectivity index (χ0n) is 24.2. The van der Waals surface area contributed by atoms with E-state index in [9.17, 15) is 10.1 Å². The van der Waals surface area contributed by atoms with Gasteiger partial charge in [0.1, 0.15) is 11.9 Å². The summed E-state index contributed by atoms with van der Waals surface area (Å²) < 4.78 is 6.34. The Kier molecular flexibility index (Phi) is 6.99. The second-order valence-corrected chi connectivity index (χ2v) is 11.5. The SMILES string of the molecule is C=CC(=O)N1CCN(c2nc(OC(C)c3ccncc3)nc3c2CN(C2Cc4cccc5cccc2c45)C3)C[C@@H]1CC#N. The number of carbonyl (C=O) groups is 1. The van der Waals surface area contributed by atoms with Crippen molar-refractivity contribution in [3.05, 3.63) is 102 Å². The van der Waals surface area contributed by atoms with Crippen LogP contribution in [0.25, 0.3) is 10.8 Å². The molecule has 216 valence electrons. The average molecular weight is 572 g/mol. The van der Waals surface area contributed by atoms with E-state index < -0.39 is 0 Å². The number of amides is 1. The highest BCUT2D eigenvalue weighted by atomic mass is 16.5. The number of carbonyl (C=O) groups excluding carboxylic acids is 1. The molecule has 0 N–H and O–H groups in total. The fraction of sp³-hybridized carbons (Fsp3) is 0.324. The standard InChI is InChI=1S/C34H33N7O2/c1-3-31(42)41-17-16-39(19-26(41)10-13-35)33-28-20-40(30-18-25-8-4-6-24-7-5-9-27(30)32(24)25)21-29(28)37-34(38-33)43-22(2)23-11-14-36-15-12-23/h3-9,11-12,14-15,22,26,30H,1,10,16-21H2,2H3/t22?,26-,30?/m0/s1. The van der Waals surface area contributed by atoms with Crippen molar-refractivity contribution in [1.82, 2.24) is 24.8 Å². The van der Waals surface area contributed by atoms with Crippen LogP contribution in [0.3, 0.4) is 0 Å². The van der Waals surface area contributed by atoms with Crippen LogP contribution in [0.2, 0.25) is 0 Å². The van der Waals surface area contributed by atoms with E-state index in [1.54, 1.807) is 17.3 Å². The Labute approximate surface area is 251 Å². The van der Waals surface area contributed by atoms with Gasteiger partial charge in [0.2, 0.25) is 5.91 Å². The van der Waals surface area contributed by atoms with Gasteiger partial charge in [-0.15, -0.1) is 0 Å². The molecule has 2 aromatic carbocycles. The van der Waals surface area contributed by atoms with Gasteiger partial charge in [-0.3, -0.25) is 14.7 Å². The van der Waals surface area contributed by atoms with E-state index in [2.05, 4.69) is 63.8 Å². The van der Waals surface area contributed by atoms with E-state index >= 15 is 0 Å². The van der Waals surface area contributed by atoms with Crippen LogP contribution >= 0.6 is 0 Å². The van der Waals surface area contributed by atoms with Crippen LogP contribution in [0.1, 0.15) is 53.4 Å². The fourth-order valence-corrected chi connectivity index (χ4v) is 6.91. The van der Waals surface area contributed by atoms with E-state index in [0.29, 0.717) is 38.7 Å². The minimum absolute atomic E-state index is 0.149. The van der Waals surface area contributed by atoms with Gasteiger partial charge in [-0.05, 0) is 59.0 Å². The van der Waals surface area contributed by atoms with Crippen molar-refractivity contribution < 1.29 is 9.53 Å². The van der Waals surface area contributed by atoms with Gasteiger partial charge in [-0.1, -0.05) is 43.0 Å². The number of anilines is 1. The van der Waals surface area contributed by atoms with E-state index in [0.717, 1.165) is 29.1 Å². The summed E-state index contributed by atoms with van der Waals surface area (Å²) in [5.74, 6) is 0.677. The molecule has 4 heterocycles. The molecule has 1 saturated heterocycles. The second-order valence-electron chi connectivity index (χ2n) is 11.5. The third-order valence-electron chi connectivity index (χ3n) is 9.03. The summed E-state index contributed by atoms with van der Waals surface area (Å²) in [4.78, 5) is 33.1. The van der Waals surface area contributed by atoms with Crippen LogP contribution in [-0.2, 0) is 24.3 Å². The summed E-state index contributed by atoms with van der Waals surface area (Å²) in [5.41, 5.74) is 5.80. The van der Waals surface area contributed by atoms with Gasteiger partial charge in [-0.2, -0.15) is 15.2 Å². The molecule has 0 saturated carbocycles.